The lowest BCUT2D eigenvalue weighted by molar-refractivity contribution is -0.137. The number of carbonyl (C=O) groups is 1. The van der Waals surface area contributed by atoms with Crippen LogP contribution in [-0.2, 0) is 4.79 Å². The molecular weight excluding hydrogens is 257 g/mol. The van der Waals surface area contributed by atoms with Crippen LogP contribution in [0.4, 0.5) is 4.39 Å². The van der Waals surface area contributed by atoms with Crippen molar-refractivity contribution in [3.05, 3.63) is 35.6 Å². The number of halogens is 1. The molecule has 2 rings (SSSR count). The number of carboxylic acid groups (broad SMARTS) is 1. The Morgan fingerprint density at radius 2 is 2.05 bits per heavy atom. The van der Waals surface area contributed by atoms with E-state index in [1.54, 1.807) is 0 Å². The monoisotopic (exact) mass is 279 g/mol. The number of hydrogen-bond acceptors (Lipinski definition) is 2. The lowest BCUT2D eigenvalue weighted by atomic mass is 9.96. The van der Waals surface area contributed by atoms with Crippen molar-refractivity contribution in [3.8, 4) is 0 Å². The molecule has 1 aromatic carbocycles. The SMILES string of the molecule is O=C(O)CCCNC[C@@H]1CCC(c2ccc(F)cc2)C1. The second-order valence-electron chi connectivity index (χ2n) is 5.63. The van der Waals surface area contributed by atoms with Crippen LogP contribution in [0.1, 0.15) is 43.6 Å². The van der Waals surface area contributed by atoms with E-state index in [0.29, 0.717) is 18.3 Å². The van der Waals surface area contributed by atoms with Gasteiger partial charge in [-0.3, -0.25) is 4.79 Å². The summed E-state index contributed by atoms with van der Waals surface area (Å²) in [6.07, 6.45) is 4.40. The third-order valence-corrected chi connectivity index (χ3v) is 4.06. The summed E-state index contributed by atoms with van der Waals surface area (Å²) in [6, 6.07) is 6.85. The molecule has 0 saturated heterocycles. The molecule has 1 aliphatic rings. The Morgan fingerprint density at radius 3 is 2.75 bits per heavy atom. The average Bonchev–Trinajstić information content (AvgIpc) is 2.87. The summed E-state index contributed by atoms with van der Waals surface area (Å²) in [5, 5.41) is 11.9. The minimum Gasteiger partial charge on any atom is -0.481 e. The van der Waals surface area contributed by atoms with Gasteiger partial charge in [0.25, 0.3) is 0 Å². The Labute approximate surface area is 119 Å². The number of benzene rings is 1. The van der Waals surface area contributed by atoms with Crippen LogP contribution in [0.2, 0.25) is 0 Å². The molecule has 1 aromatic rings. The highest BCUT2D eigenvalue weighted by molar-refractivity contribution is 5.66. The quantitative estimate of drug-likeness (QED) is 0.754. The molecule has 4 heteroatoms. The van der Waals surface area contributed by atoms with Crippen LogP contribution in [0.15, 0.2) is 24.3 Å². The maximum absolute atomic E-state index is 12.9. The molecule has 1 unspecified atom stereocenters. The largest absolute Gasteiger partial charge is 0.481 e. The summed E-state index contributed by atoms with van der Waals surface area (Å²) in [7, 11) is 0. The fourth-order valence-corrected chi connectivity index (χ4v) is 2.97. The molecule has 0 radical (unpaired) electrons. The van der Waals surface area contributed by atoms with E-state index in [1.165, 1.54) is 24.1 Å². The van der Waals surface area contributed by atoms with E-state index in [2.05, 4.69) is 5.32 Å². The lowest BCUT2D eigenvalue weighted by Crippen LogP contribution is -2.23. The van der Waals surface area contributed by atoms with E-state index >= 15 is 0 Å². The molecule has 2 atom stereocenters. The van der Waals surface area contributed by atoms with Crippen LogP contribution in [0.5, 0.6) is 0 Å². The van der Waals surface area contributed by atoms with Crippen molar-refractivity contribution >= 4 is 5.97 Å². The average molecular weight is 279 g/mol. The van der Waals surface area contributed by atoms with Gasteiger partial charge in [0.15, 0.2) is 0 Å². The van der Waals surface area contributed by atoms with E-state index in [0.717, 1.165) is 25.9 Å². The van der Waals surface area contributed by atoms with E-state index in [1.807, 2.05) is 12.1 Å². The lowest BCUT2D eigenvalue weighted by Gasteiger charge is -2.12. The fourth-order valence-electron chi connectivity index (χ4n) is 2.97. The maximum Gasteiger partial charge on any atom is 0.303 e. The number of rotatable bonds is 7. The van der Waals surface area contributed by atoms with Gasteiger partial charge < -0.3 is 10.4 Å². The smallest absolute Gasteiger partial charge is 0.303 e. The van der Waals surface area contributed by atoms with Crippen LogP contribution >= 0.6 is 0 Å². The predicted octanol–water partition coefficient (Wildman–Crippen LogP) is 3.16. The van der Waals surface area contributed by atoms with Gasteiger partial charge in [-0.1, -0.05) is 12.1 Å². The third-order valence-electron chi connectivity index (χ3n) is 4.06. The Kier molecular flexibility index (Phi) is 5.53. The van der Waals surface area contributed by atoms with E-state index < -0.39 is 5.97 Å². The van der Waals surface area contributed by atoms with E-state index in [9.17, 15) is 9.18 Å². The van der Waals surface area contributed by atoms with Gasteiger partial charge in [0.05, 0.1) is 0 Å². The van der Waals surface area contributed by atoms with Crippen LogP contribution in [-0.4, -0.2) is 24.2 Å². The molecular formula is C16H22FNO2. The van der Waals surface area contributed by atoms with Gasteiger partial charge in [0.2, 0.25) is 0 Å². The van der Waals surface area contributed by atoms with Gasteiger partial charge in [0, 0.05) is 6.42 Å². The summed E-state index contributed by atoms with van der Waals surface area (Å²) in [5.41, 5.74) is 1.24. The fraction of sp³-hybridized carbons (Fsp3) is 0.562. The Morgan fingerprint density at radius 1 is 1.30 bits per heavy atom. The van der Waals surface area contributed by atoms with Gasteiger partial charge in [-0.05, 0) is 68.3 Å². The van der Waals surface area contributed by atoms with Gasteiger partial charge in [-0.25, -0.2) is 4.39 Å². The number of hydrogen-bond donors (Lipinski definition) is 2. The van der Waals surface area contributed by atoms with Crippen LogP contribution in [0.25, 0.3) is 0 Å². The normalized spacial score (nSPS) is 22.1. The maximum atomic E-state index is 12.9. The van der Waals surface area contributed by atoms with Crippen molar-refractivity contribution in [2.24, 2.45) is 5.92 Å². The molecule has 3 nitrogen and oxygen atoms in total. The first-order valence-corrected chi connectivity index (χ1v) is 7.33. The van der Waals surface area contributed by atoms with Gasteiger partial charge in [-0.2, -0.15) is 0 Å². The molecule has 2 N–H and O–H groups in total. The minimum atomic E-state index is -0.732. The summed E-state index contributed by atoms with van der Waals surface area (Å²) >= 11 is 0. The summed E-state index contributed by atoms with van der Waals surface area (Å²) in [5.74, 6) is 0.281. The zero-order valence-corrected chi connectivity index (χ0v) is 11.6. The van der Waals surface area contributed by atoms with Crippen molar-refractivity contribution in [1.82, 2.24) is 5.32 Å². The van der Waals surface area contributed by atoms with Gasteiger partial charge >= 0.3 is 5.97 Å². The molecule has 0 bridgehead atoms. The first-order chi connectivity index (χ1) is 9.65. The zero-order valence-electron chi connectivity index (χ0n) is 11.6. The van der Waals surface area contributed by atoms with Gasteiger partial charge in [-0.15, -0.1) is 0 Å². The minimum absolute atomic E-state index is 0.177. The van der Waals surface area contributed by atoms with Crippen molar-refractivity contribution in [1.29, 1.82) is 0 Å². The molecule has 0 aromatic heterocycles. The number of carboxylic acids is 1. The molecule has 0 spiro atoms. The molecule has 0 amide bonds. The second kappa shape index (κ2) is 7.39. The van der Waals surface area contributed by atoms with E-state index in [4.69, 9.17) is 5.11 Å². The molecule has 1 aliphatic carbocycles. The van der Waals surface area contributed by atoms with Crippen LogP contribution < -0.4 is 5.32 Å². The highest BCUT2D eigenvalue weighted by atomic mass is 19.1. The third kappa shape index (κ3) is 4.60. The molecule has 20 heavy (non-hydrogen) atoms. The second-order valence-corrected chi connectivity index (χ2v) is 5.63. The Balaban J connectivity index is 1.67. The van der Waals surface area contributed by atoms with Crippen molar-refractivity contribution in [2.45, 2.75) is 38.0 Å². The predicted molar refractivity (Wildman–Crippen MR) is 76.2 cm³/mol. The molecule has 0 heterocycles. The van der Waals surface area contributed by atoms with Gasteiger partial charge in [0.1, 0.15) is 5.82 Å². The molecule has 0 aliphatic heterocycles. The zero-order chi connectivity index (χ0) is 14.4. The summed E-state index contributed by atoms with van der Waals surface area (Å²) in [4.78, 5) is 10.4. The van der Waals surface area contributed by atoms with Crippen molar-refractivity contribution in [3.63, 3.8) is 0 Å². The summed E-state index contributed by atoms with van der Waals surface area (Å²) < 4.78 is 12.9. The first-order valence-electron chi connectivity index (χ1n) is 7.33. The molecule has 1 saturated carbocycles. The van der Waals surface area contributed by atoms with Crippen LogP contribution in [0, 0.1) is 11.7 Å². The topological polar surface area (TPSA) is 49.3 Å². The highest BCUT2D eigenvalue weighted by Crippen LogP contribution is 2.37. The Bertz CT molecular complexity index is 433. The standard InChI is InChI=1S/C16H22FNO2/c17-15-7-5-13(6-8-15)14-4-3-12(10-14)11-18-9-1-2-16(19)20/h5-8,12,14,18H,1-4,9-11H2,(H,19,20)/t12-,14?/m1/s1. The number of nitrogens with one attached hydrogen (secondary N) is 1. The van der Waals surface area contributed by atoms with Crippen molar-refractivity contribution < 1.29 is 14.3 Å². The number of aliphatic carboxylic acids is 1. The summed E-state index contributed by atoms with van der Waals surface area (Å²) in [6.45, 7) is 1.72. The highest BCUT2D eigenvalue weighted by Gasteiger charge is 2.25. The first kappa shape index (κ1) is 15.0. The van der Waals surface area contributed by atoms with E-state index in [-0.39, 0.29) is 12.2 Å². The van der Waals surface area contributed by atoms with Crippen molar-refractivity contribution in [2.75, 3.05) is 13.1 Å². The molecule has 110 valence electrons. The van der Waals surface area contributed by atoms with Crippen LogP contribution in [0.3, 0.4) is 0 Å². The molecule has 1 fully saturated rings. The Hall–Kier alpha value is -1.42.